The standard InChI is InChI=1S/C17H13BrN2O3/c1-2-23-17(22)11-5-3-10(4-6-11)15-16(21)20-13-8-7-12(18)9-14(13)19-15/h3-9H,2H2,1H3,(H,20,21). The lowest BCUT2D eigenvalue weighted by Crippen LogP contribution is -2.11. The van der Waals surface area contributed by atoms with Gasteiger partial charge in [-0.1, -0.05) is 28.1 Å². The van der Waals surface area contributed by atoms with Gasteiger partial charge in [-0.25, -0.2) is 9.78 Å². The Hall–Kier alpha value is -2.47. The molecular weight excluding hydrogens is 360 g/mol. The van der Waals surface area contributed by atoms with Crippen molar-refractivity contribution in [2.24, 2.45) is 0 Å². The molecule has 0 unspecified atom stereocenters. The molecule has 5 nitrogen and oxygen atoms in total. The maximum atomic E-state index is 12.2. The average molecular weight is 373 g/mol. The Morgan fingerprint density at radius 3 is 2.65 bits per heavy atom. The summed E-state index contributed by atoms with van der Waals surface area (Å²) in [6, 6.07) is 12.1. The number of benzene rings is 2. The van der Waals surface area contributed by atoms with Crippen LogP contribution in [0.1, 0.15) is 17.3 Å². The van der Waals surface area contributed by atoms with E-state index in [9.17, 15) is 9.59 Å². The molecule has 0 saturated carbocycles. The lowest BCUT2D eigenvalue weighted by atomic mass is 10.1. The third-order valence-electron chi connectivity index (χ3n) is 3.32. The van der Waals surface area contributed by atoms with Gasteiger partial charge in [0.05, 0.1) is 23.2 Å². The topological polar surface area (TPSA) is 72.0 Å². The number of rotatable bonds is 3. The molecule has 3 aromatic rings. The molecule has 0 spiro atoms. The Morgan fingerprint density at radius 1 is 1.22 bits per heavy atom. The van der Waals surface area contributed by atoms with E-state index in [0.29, 0.717) is 34.5 Å². The molecule has 2 aromatic carbocycles. The van der Waals surface area contributed by atoms with Gasteiger partial charge in [0.25, 0.3) is 5.56 Å². The van der Waals surface area contributed by atoms with Gasteiger partial charge in [-0.2, -0.15) is 0 Å². The number of aromatic amines is 1. The molecular formula is C17H13BrN2O3. The second-order valence-corrected chi connectivity index (χ2v) is 5.79. The highest BCUT2D eigenvalue weighted by Crippen LogP contribution is 2.20. The molecule has 0 fully saturated rings. The fraction of sp³-hybridized carbons (Fsp3) is 0.118. The van der Waals surface area contributed by atoms with E-state index in [1.54, 1.807) is 37.3 Å². The molecule has 0 bridgehead atoms. The molecule has 0 amide bonds. The number of halogens is 1. The molecule has 1 aromatic heterocycles. The predicted molar refractivity (Wildman–Crippen MR) is 91.5 cm³/mol. The minimum Gasteiger partial charge on any atom is -0.462 e. The van der Waals surface area contributed by atoms with Crippen molar-refractivity contribution in [1.82, 2.24) is 9.97 Å². The van der Waals surface area contributed by atoms with Crippen LogP contribution in [0, 0.1) is 0 Å². The zero-order chi connectivity index (χ0) is 16.4. The van der Waals surface area contributed by atoms with Gasteiger partial charge in [0.2, 0.25) is 0 Å². The molecule has 0 aliphatic heterocycles. The van der Waals surface area contributed by atoms with E-state index in [1.165, 1.54) is 0 Å². The van der Waals surface area contributed by atoms with Crippen molar-refractivity contribution in [3.05, 3.63) is 62.9 Å². The zero-order valence-corrected chi connectivity index (χ0v) is 13.9. The normalized spacial score (nSPS) is 10.7. The van der Waals surface area contributed by atoms with Crippen LogP contribution in [0.3, 0.4) is 0 Å². The van der Waals surface area contributed by atoms with Crippen molar-refractivity contribution in [2.45, 2.75) is 6.92 Å². The summed E-state index contributed by atoms with van der Waals surface area (Å²) in [5.41, 5.74) is 2.47. The van der Waals surface area contributed by atoms with Crippen molar-refractivity contribution in [1.29, 1.82) is 0 Å². The predicted octanol–water partition coefficient (Wildman–Crippen LogP) is 3.53. The van der Waals surface area contributed by atoms with E-state index in [1.807, 2.05) is 12.1 Å². The van der Waals surface area contributed by atoms with Gasteiger partial charge >= 0.3 is 5.97 Å². The Morgan fingerprint density at radius 2 is 1.96 bits per heavy atom. The monoisotopic (exact) mass is 372 g/mol. The summed E-state index contributed by atoms with van der Waals surface area (Å²) in [5, 5.41) is 0. The number of carbonyl (C=O) groups is 1. The number of hydrogen-bond acceptors (Lipinski definition) is 4. The molecule has 23 heavy (non-hydrogen) atoms. The number of esters is 1. The molecule has 0 aliphatic carbocycles. The van der Waals surface area contributed by atoms with Crippen LogP contribution in [-0.2, 0) is 4.74 Å². The summed E-state index contributed by atoms with van der Waals surface area (Å²) in [7, 11) is 0. The zero-order valence-electron chi connectivity index (χ0n) is 12.3. The summed E-state index contributed by atoms with van der Waals surface area (Å²) < 4.78 is 5.82. The van der Waals surface area contributed by atoms with E-state index in [0.717, 1.165) is 4.47 Å². The van der Waals surface area contributed by atoms with Crippen molar-refractivity contribution < 1.29 is 9.53 Å². The first-order chi connectivity index (χ1) is 11.1. The Bertz CT molecular complexity index is 933. The number of ether oxygens (including phenoxy) is 1. The minimum atomic E-state index is -0.386. The summed E-state index contributed by atoms with van der Waals surface area (Å²) in [5.74, 6) is -0.386. The Labute approximate surface area is 140 Å². The SMILES string of the molecule is CCOC(=O)c1ccc(-c2nc3cc(Br)ccc3[nH]c2=O)cc1. The molecule has 0 saturated heterocycles. The summed E-state index contributed by atoms with van der Waals surface area (Å²) in [4.78, 5) is 31.1. The number of H-pyrrole nitrogens is 1. The number of nitrogens with one attached hydrogen (secondary N) is 1. The maximum absolute atomic E-state index is 12.2. The van der Waals surface area contributed by atoms with Crippen LogP contribution in [0.5, 0.6) is 0 Å². The number of aromatic nitrogens is 2. The molecule has 1 heterocycles. The third kappa shape index (κ3) is 3.17. The molecule has 0 aliphatic rings. The molecule has 116 valence electrons. The molecule has 0 radical (unpaired) electrons. The highest BCUT2D eigenvalue weighted by molar-refractivity contribution is 9.10. The van der Waals surface area contributed by atoms with Crippen LogP contribution in [0.4, 0.5) is 0 Å². The largest absolute Gasteiger partial charge is 0.462 e. The van der Waals surface area contributed by atoms with Gasteiger partial charge in [-0.15, -0.1) is 0 Å². The van der Waals surface area contributed by atoms with Crippen LogP contribution in [-0.4, -0.2) is 22.5 Å². The van der Waals surface area contributed by atoms with Gasteiger partial charge in [0.1, 0.15) is 5.69 Å². The van der Waals surface area contributed by atoms with Gasteiger partial charge in [0, 0.05) is 10.0 Å². The number of carbonyl (C=O) groups excluding carboxylic acids is 1. The first kappa shape index (κ1) is 15.4. The van der Waals surface area contributed by atoms with E-state index < -0.39 is 0 Å². The lowest BCUT2D eigenvalue weighted by Gasteiger charge is -2.05. The van der Waals surface area contributed by atoms with Crippen LogP contribution in [0.25, 0.3) is 22.3 Å². The van der Waals surface area contributed by atoms with Crippen LogP contribution in [0.15, 0.2) is 51.7 Å². The van der Waals surface area contributed by atoms with Crippen LogP contribution >= 0.6 is 15.9 Å². The molecule has 1 N–H and O–H groups in total. The van der Waals surface area contributed by atoms with E-state index in [-0.39, 0.29) is 11.5 Å². The van der Waals surface area contributed by atoms with Gasteiger partial charge in [-0.05, 0) is 37.3 Å². The highest BCUT2D eigenvalue weighted by atomic mass is 79.9. The van der Waals surface area contributed by atoms with E-state index in [4.69, 9.17) is 4.74 Å². The fourth-order valence-electron chi connectivity index (χ4n) is 2.23. The van der Waals surface area contributed by atoms with Crippen molar-refractivity contribution in [3.63, 3.8) is 0 Å². The molecule has 3 rings (SSSR count). The average Bonchev–Trinajstić information content (AvgIpc) is 2.55. The Balaban J connectivity index is 2.04. The van der Waals surface area contributed by atoms with Gasteiger partial charge in [-0.3, -0.25) is 4.79 Å². The number of nitrogens with zero attached hydrogens (tertiary/aromatic N) is 1. The summed E-state index contributed by atoms with van der Waals surface area (Å²) in [6.07, 6.45) is 0. The van der Waals surface area contributed by atoms with Gasteiger partial charge < -0.3 is 9.72 Å². The van der Waals surface area contributed by atoms with Crippen molar-refractivity contribution in [3.8, 4) is 11.3 Å². The maximum Gasteiger partial charge on any atom is 0.338 e. The fourth-order valence-corrected chi connectivity index (χ4v) is 2.58. The molecule has 0 atom stereocenters. The minimum absolute atomic E-state index is 0.274. The van der Waals surface area contributed by atoms with Gasteiger partial charge in [0.15, 0.2) is 0 Å². The quantitative estimate of drug-likeness (QED) is 0.713. The first-order valence-electron chi connectivity index (χ1n) is 7.05. The Kier molecular flexibility index (Phi) is 4.25. The second kappa shape index (κ2) is 6.34. The second-order valence-electron chi connectivity index (χ2n) is 4.87. The number of fused-ring (bicyclic) bond motifs is 1. The lowest BCUT2D eigenvalue weighted by molar-refractivity contribution is 0.0526. The summed E-state index contributed by atoms with van der Waals surface area (Å²) in [6.45, 7) is 2.07. The summed E-state index contributed by atoms with van der Waals surface area (Å²) >= 11 is 3.39. The van der Waals surface area contributed by atoms with Crippen LogP contribution in [0.2, 0.25) is 0 Å². The van der Waals surface area contributed by atoms with Crippen LogP contribution < -0.4 is 5.56 Å². The van der Waals surface area contributed by atoms with Crippen molar-refractivity contribution in [2.75, 3.05) is 6.61 Å². The van der Waals surface area contributed by atoms with E-state index in [2.05, 4.69) is 25.9 Å². The smallest absolute Gasteiger partial charge is 0.338 e. The van der Waals surface area contributed by atoms with E-state index >= 15 is 0 Å². The highest BCUT2D eigenvalue weighted by Gasteiger charge is 2.10. The first-order valence-corrected chi connectivity index (χ1v) is 7.85. The van der Waals surface area contributed by atoms with Crippen molar-refractivity contribution >= 4 is 32.9 Å². The third-order valence-corrected chi connectivity index (χ3v) is 3.82. The molecule has 6 heteroatoms. The number of hydrogen-bond donors (Lipinski definition) is 1.